The van der Waals surface area contributed by atoms with Gasteiger partial charge in [-0.1, -0.05) is 42.5 Å². The van der Waals surface area contributed by atoms with Crippen molar-refractivity contribution in [2.45, 2.75) is 31.5 Å². The van der Waals surface area contributed by atoms with Crippen molar-refractivity contribution < 1.29 is 13.2 Å². The lowest BCUT2D eigenvalue weighted by atomic mass is 9.98. The summed E-state index contributed by atoms with van der Waals surface area (Å²) in [5.41, 5.74) is 7.12. The maximum atomic E-state index is 12.7. The summed E-state index contributed by atoms with van der Waals surface area (Å²) < 4.78 is 38.0. The Labute approximate surface area is 122 Å². The van der Waals surface area contributed by atoms with Crippen LogP contribution in [0.25, 0.3) is 0 Å². The Kier molecular flexibility index (Phi) is 5.02. The standard InChI is InChI=1S/C17H18F3N/c18-17(19,20)15-10-5-9-14(12-15)16(21)11-4-8-13-6-2-1-3-7-13/h1-3,5-7,9-10,12,16H,4,8,11,21H2. The van der Waals surface area contributed by atoms with Crippen LogP contribution < -0.4 is 5.73 Å². The maximum absolute atomic E-state index is 12.7. The lowest BCUT2D eigenvalue weighted by Crippen LogP contribution is -2.12. The van der Waals surface area contributed by atoms with E-state index in [9.17, 15) is 13.2 Å². The molecule has 4 heteroatoms. The molecule has 0 spiro atoms. The average Bonchev–Trinajstić information content (AvgIpc) is 2.47. The van der Waals surface area contributed by atoms with Crippen LogP contribution in [0, 0.1) is 0 Å². The fourth-order valence-electron chi connectivity index (χ4n) is 2.28. The molecule has 0 saturated heterocycles. The molecule has 0 radical (unpaired) electrons. The molecule has 0 aliphatic heterocycles. The first-order chi connectivity index (χ1) is 9.97. The Bertz CT molecular complexity index is 564. The predicted molar refractivity (Wildman–Crippen MR) is 77.8 cm³/mol. The van der Waals surface area contributed by atoms with E-state index in [1.165, 1.54) is 11.6 Å². The second-order valence-electron chi connectivity index (χ2n) is 5.11. The molecule has 1 nitrogen and oxygen atoms in total. The highest BCUT2D eigenvalue weighted by atomic mass is 19.4. The van der Waals surface area contributed by atoms with Gasteiger partial charge in [-0.05, 0) is 42.5 Å². The number of hydrogen-bond acceptors (Lipinski definition) is 1. The molecule has 0 fully saturated rings. The van der Waals surface area contributed by atoms with E-state index in [0.29, 0.717) is 12.0 Å². The van der Waals surface area contributed by atoms with Gasteiger partial charge in [-0.25, -0.2) is 0 Å². The molecule has 112 valence electrons. The smallest absolute Gasteiger partial charge is 0.324 e. The highest BCUT2D eigenvalue weighted by Gasteiger charge is 2.30. The van der Waals surface area contributed by atoms with Gasteiger partial charge in [0.15, 0.2) is 0 Å². The summed E-state index contributed by atoms with van der Waals surface area (Å²) in [7, 11) is 0. The van der Waals surface area contributed by atoms with Crippen LogP contribution in [-0.4, -0.2) is 0 Å². The lowest BCUT2D eigenvalue weighted by molar-refractivity contribution is -0.137. The highest BCUT2D eigenvalue weighted by molar-refractivity contribution is 5.27. The van der Waals surface area contributed by atoms with Crippen molar-refractivity contribution in [3.05, 3.63) is 71.3 Å². The third-order valence-corrected chi connectivity index (χ3v) is 3.47. The van der Waals surface area contributed by atoms with Crippen LogP contribution in [-0.2, 0) is 12.6 Å². The normalized spacial score (nSPS) is 13.1. The van der Waals surface area contributed by atoms with E-state index < -0.39 is 11.7 Å². The summed E-state index contributed by atoms with van der Waals surface area (Å²) in [6.07, 6.45) is -1.93. The molecular weight excluding hydrogens is 275 g/mol. The summed E-state index contributed by atoms with van der Waals surface area (Å²) in [6, 6.07) is 14.9. The van der Waals surface area contributed by atoms with Gasteiger partial charge >= 0.3 is 6.18 Å². The zero-order valence-electron chi connectivity index (χ0n) is 11.6. The van der Waals surface area contributed by atoms with E-state index >= 15 is 0 Å². The van der Waals surface area contributed by atoms with Gasteiger partial charge in [-0.3, -0.25) is 0 Å². The molecule has 21 heavy (non-hydrogen) atoms. The molecule has 2 N–H and O–H groups in total. The van der Waals surface area contributed by atoms with Gasteiger partial charge < -0.3 is 5.73 Å². The minimum Gasteiger partial charge on any atom is -0.324 e. The Hall–Kier alpha value is -1.81. The van der Waals surface area contributed by atoms with Gasteiger partial charge in [0, 0.05) is 6.04 Å². The molecule has 0 bridgehead atoms. The molecular formula is C17H18F3N. The van der Waals surface area contributed by atoms with Crippen LogP contribution >= 0.6 is 0 Å². The maximum Gasteiger partial charge on any atom is 0.416 e. The molecule has 1 unspecified atom stereocenters. The number of alkyl halides is 3. The quantitative estimate of drug-likeness (QED) is 0.847. The Morgan fingerprint density at radius 3 is 2.33 bits per heavy atom. The molecule has 2 rings (SSSR count). The lowest BCUT2D eigenvalue weighted by Gasteiger charge is -2.14. The average molecular weight is 293 g/mol. The zero-order valence-corrected chi connectivity index (χ0v) is 11.6. The summed E-state index contributed by atoms with van der Waals surface area (Å²) in [5, 5.41) is 0. The van der Waals surface area contributed by atoms with Gasteiger partial charge in [-0.15, -0.1) is 0 Å². The van der Waals surface area contributed by atoms with Crippen LogP contribution in [0.1, 0.15) is 35.6 Å². The van der Waals surface area contributed by atoms with Crippen molar-refractivity contribution in [3.63, 3.8) is 0 Å². The summed E-state index contributed by atoms with van der Waals surface area (Å²) in [5.74, 6) is 0. The van der Waals surface area contributed by atoms with Crippen molar-refractivity contribution in [1.29, 1.82) is 0 Å². The number of hydrogen-bond donors (Lipinski definition) is 1. The molecule has 0 saturated carbocycles. The fraction of sp³-hybridized carbons (Fsp3) is 0.294. The van der Waals surface area contributed by atoms with Crippen molar-refractivity contribution in [2.75, 3.05) is 0 Å². The van der Waals surface area contributed by atoms with Gasteiger partial charge in [0.05, 0.1) is 5.56 Å². The molecule has 1 atom stereocenters. The van der Waals surface area contributed by atoms with E-state index in [0.717, 1.165) is 25.0 Å². The number of rotatable bonds is 5. The number of nitrogens with two attached hydrogens (primary N) is 1. The fourth-order valence-corrected chi connectivity index (χ4v) is 2.28. The molecule has 0 aliphatic rings. The van der Waals surface area contributed by atoms with Crippen molar-refractivity contribution in [2.24, 2.45) is 5.73 Å². The first kappa shape index (κ1) is 15.6. The van der Waals surface area contributed by atoms with E-state index in [1.54, 1.807) is 6.07 Å². The molecule has 0 amide bonds. The SMILES string of the molecule is NC(CCCc1ccccc1)c1cccc(C(F)(F)F)c1. The van der Waals surface area contributed by atoms with Gasteiger partial charge in [0.1, 0.15) is 0 Å². The minimum absolute atomic E-state index is 0.365. The van der Waals surface area contributed by atoms with Crippen molar-refractivity contribution >= 4 is 0 Å². The van der Waals surface area contributed by atoms with Crippen molar-refractivity contribution in [1.82, 2.24) is 0 Å². The largest absolute Gasteiger partial charge is 0.416 e. The van der Waals surface area contributed by atoms with E-state index in [2.05, 4.69) is 0 Å². The number of benzene rings is 2. The number of aryl methyl sites for hydroxylation is 1. The topological polar surface area (TPSA) is 26.0 Å². The van der Waals surface area contributed by atoms with Crippen LogP contribution in [0.2, 0.25) is 0 Å². The predicted octanol–water partition coefficient (Wildman–Crippen LogP) is 4.73. The molecule has 2 aromatic carbocycles. The second kappa shape index (κ2) is 6.76. The van der Waals surface area contributed by atoms with Gasteiger partial charge in [0.25, 0.3) is 0 Å². The first-order valence-electron chi connectivity index (χ1n) is 6.93. The van der Waals surface area contributed by atoms with Crippen LogP contribution in [0.3, 0.4) is 0 Å². The van der Waals surface area contributed by atoms with E-state index in [1.807, 2.05) is 30.3 Å². The molecule has 2 aromatic rings. The Balaban J connectivity index is 1.93. The van der Waals surface area contributed by atoms with Crippen LogP contribution in [0.4, 0.5) is 13.2 Å². The zero-order chi connectivity index (χ0) is 15.3. The summed E-state index contributed by atoms with van der Waals surface area (Å²) >= 11 is 0. The van der Waals surface area contributed by atoms with Gasteiger partial charge in [0.2, 0.25) is 0 Å². The molecule has 0 aliphatic carbocycles. The third-order valence-electron chi connectivity index (χ3n) is 3.47. The summed E-state index contributed by atoms with van der Waals surface area (Å²) in [6.45, 7) is 0. The van der Waals surface area contributed by atoms with E-state index in [-0.39, 0.29) is 6.04 Å². The Morgan fingerprint density at radius 2 is 1.67 bits per heavy atom. The third kappa shape index (κ3) is 4.60. The first-order valence-corrected chi connectivity index (χ1v) is 6.93. The Morgan fingerprint density at radius 1 is 0.952 bits per heavy atom. The van der Waals surface area contributed by atoms with E-state index in [4.69, 9.17) is 5.73 Å². The van der Waals surface area contributed by atoms with Crippen molar-refractivity contribution in [3.8, 4) is 0 Å². The van der Waals surface area contributed by atoms with Crippen LogP contribution in [0.5, 0.6) is 0 Å². The minimum atomic E-state index is -4.32. The molecule has 0 aromatic heterocycles. The number of halogens is 3. The summed E-state index contributed by atoms with van der Waals surface area (Å²) in [4.78, 5) is 0. The molecule has 0 heterocycles. The van der Waals surface area contributed by atoms with Gasteiger partial charge in [-0.2, -0.15) is 13.2 Å². The highest BCUT2D eigenvalue weighted by Crippen LogP contribution is 2.31. The second-order valence-corrected chi connectivity index (χ2v) is 5.11. The monoisotopic (exact) mass is 293 g/mol. The van der Waals surface area contributed by atoms with Crippen LogP contribution in [0.15, 0.2) is 54.6 Å².